The molecule has 0 aromatic heterocycles. The third-order valence-corrected chi connectivity index (χ3v) is 16.8. The molecular weight excluding hydrogens is 945 g/mol. The Morgan fingerprint density at radius 1 is 0.351 bits per heavy atom. The molecule has 77 heavy (non-hydrogen) atoms. The van der Waals surface area contributed by atoms with Crippen LogP contribution in [0.3, 0.4) is 0 Å². The van der Waals surface area contributed by atoms with Gasteiger partial charge in [0.15, 0.2) is 0 Å². The van der Waals surface area contributed by atoms with Gasteiger partial charge in [-0.05, 0) is 140 Å². The Bertz CT molecular complexity index is 3980. The second-order valence-corrected chi connectivity index (χ2v) is 22.1. The third-order valence-electron chi connectivity index (χ3n) is 16.8. The summed E-state index contributed by atoms with van der Waals surface area (Å²) in [6, 6.07) is 69.2. The van der Waals surface area contributed by atoms with E-state index >= 15 is 0 Å². The summed E-state index contributed by atoms with van der Waals surface area (Å²) in [4.78, 5) is 30.0. The van der Waals surface area contributed by atoms with Gasteiger partial charge in [0, 0.05) is 72.7 Å². The van der Waals surface area contributed by atoms with E-state index in [0.29, 0.717) is 11.5 Å². The molecule has 0 fully saturated rings. The SMILES string of the molecule is C=CC(=O)Oc1cccc2c(N(c3ccc4c(c3)C(C)(C)c3cc(N(c5ccc6c(c5)C(C)(C)c5ccccc5-6)c5ccc6c(c5)C(C)(C)c5ccccc5-6)ccc3-4)c3cccc4c(OC(=O)C=C)cccc34)cccc12. The first-order valence-corrected chi connectivity index (χ1v) is 26.3. The van der Waals surface area contributed by atoms with Gasteiger partial charge in [-0.1, -0.05) is 176 Å². The van der Waals surface area contributed by atoms with E-state index in [1.54, 1.807) is 12.1 Å². The zero-order valence-electron chi connectivity index (χ0n) is 44.1. The lowest BCUT2D eigenvalue weighted by Gasteiger charge is -2.31. The molecule has 0 atom stereocenters. The normalized spacial score (nSPS) is 14.4. The molecule has 0 spiro atoms. The Morgan fingerprint density at radius 3 is 1.04 bits per heavy atom. The molecule has 0 N–H and O–H groups in total. The number of carbonyl (C=O) groups excluding carboxylic acids is 2. The van der Waals surface area contributed by atoms with Crippen LogP contribution >= 0.6 is 0 Å². The molecular formula is C71H56N2O4. The molecule has 6 heteroatoms. The lowest BCUT2D eigenvalue weighted by atomic mass is 9.81. The molecule has 13 rings (SSSR count). The molecule has 0 saturated heterocycles. The topological polar surface area (TPSA) is 59.1 Å². The molecule has 0 heterocycles. The highest BCUT2D eigenvalue weighted by Crippen LogP contribution is 2.56. The second kappa shape index (κ2) is 17.4. The van der Waals surface area contributed by atoms with Crippen molar-refractivity contribution >= 4 is 67.6 Å². The molecule has 0 amide bonds. The summed E-state index contributed by atoms with van der Waals surface area (Å²) in [5.74, 6) is -0.204. The molecule has 374 valence electrons. The molecule has 0 saturated carbocycles. The molecule has 6 nitrogen and oxygen atoms in total. The molecule has 10 aromatic rings. The van der Waals surface area contributed by atoms with E-state index in [1.165, 1.54) is 78.9 Å². The summed E-state index contributed by atoms with van der Waals surface area (Å²) in [6.45, 7) is 21.3. The average molecular weight is 1000 g/mol. The van der Waals surface area contributed by atoms with Crippen molar-refractivity contribution in [3.05, 3.63) is 253 Å². The molecule has 3 aliphatic rings. The fourth-order valence-corrected chi connectivity index (χ4v) is 12.9. The maximum absolute atomic E-state index is 12.6. The summed E-state index contributed by atoms with van der Waals surface area (Å²) in [5.41, 5.74) is 20.5. The molecule has 0 radical (unpaired) electrons. The number of carbonyl (C=O) groups is 2. The van der Waals surface area contributed by atoms with Gasteiger partial charge in [-0.2, -0.15) is 0 Å². The van der Waals surface area contributed by atoms with E-state index in [2.05, 4.69) is 198 Å². The molecule has 0 bridgehead atoms. The third kappa shape index (κ3) is 7.23. The number of ether oxygens (including phenoxy) is 2. The standard InChI is InChI=1S/C71H56N2O4/c1-9-67(74)76-65-29-17-21-53-55(65)23-15-27-63(53)73(64-28-16-24-56-54(64)22-18-30-66(56)77-68(75)10-2)46-34-38-52-51-37-33-45(41-61(51)71(7,8)62(52)42-46)72(43-31-35-49-47-19-11-13-25-57(47)69(3,4)59(49)39-43)44-32-36-50-48-20-12-14-26-58(48)70(5,6)60(50)40-44/h9-42H,1-2H2,3-8H3. The smallest absolute Gasteiger partial charge is 0.335 e. The Kier molecular flexibility index (Phi) is 10.7. The summed E-state index contributed by atoms with van der Waals surface area (Å²) < 4.78 is 11.6. The van der Waals surface area contributed by atoms with Gasteiger partial charge in [0.2, 0.25) is 0 Å². The van der Waals surface area contributed by atoms with E-state index in [4.69, 9.17) is 9.47 Å². The van der Waals surface area contributed by atoms with Crippen molar-refractivity contribution in [2.45, 2.75) is 57.8 Å². The van der Waals surface area contributed by atoms with Gasteiger partial charge < -0.3 is 19.3 Å². The highest BCUT2D eigenvalue weighted by atomic mass is 16.5. The van der Waals surface area contributed by atoms with Crippen molar-refractivity contribution in [1.82, 2.24) is 0 Å². The number of anilines is 6. The van der Waals surface area contributed by atoms with Crippen LogP contribution in [0.2, 0.25) is 0 Å². The lowest BCUT2D eigenvalue weighted by molar-refractivity contribution is -0.129. The zero-order chi connectivity index (χ0) is 53.1. The summed E-state index contributed by atoms with van der Waals surface area (Å²) >= 11 is 0. The monoisotopic (exact) mass is 1000 g/mol. The fourth-order valence-electron chi connectivity index (χ4n) is 12.9. The Morgan fingerprint density at radius 2 is 0.662 bits per heavy atom. The van der Waals surface area contributed by atoms with Crippen LogP contribution in [0.1, 0.15) is 74.9 Å². The number of benzene rings is 10. The Hall–Kier alpha value is -9.26. The average Bonchev–Trinajstić information content (AvgIpc) is 4.14. The Balaban J connectivity index is 0.970. The van der Waals surface area contributed by atoms with E-state index in [1.807, 2.05) is 48.5 Å². The van der Waals surface area contributed by atoms with E-state index in [-0.39, 0.29) is 10.8 Å². The Labute approximate surface area is 449 Å². The number of esters is 2. The van der Waals surface area contributed by atoms with Crippen LogP contribution in [0, 0.1) is 0 Å². The maximum Gasteiger partial charge on any atom is 0.335 e. The summed E-state index contributed by atoms with van der Waals surface area (Å²) in [6.07, 6.45) is 2.35. The minimum atomic E-state index is -0.536. The number of rotatable bonds is 10. The molecule has 3 aliphatic carbocycles. The number of hydrogen-bond acceptors (Lipinski definition) is 6. The highest BCUT2D eigenvalue weighted by Gasteiger charge is 2.40. The number of fused-ring (bicyclic) bond motifs is 11. The lowest BCUT2D eigenvalue weighted by Crippen LogP contribution is -2.19. The minimum Gasteiger partial charge on any atom is -0.423 e. The van der Waals surface area contributed by atoms with Crippen LogP contribution in [0.25, 0.3) is 54.9 Å². The van der Waals surface area contributed by atoms with Gasteiger partial charge in [0.25, 0.3) is 0 Å². The largest absolute Gasteiger partial charge is 0.423 e. The van der Waals surface area contributed by atoms with Crippen LogP contribution in [0.15, 0.2) is 219 Å². The van der Waals surface area contributed by atoms with Crippen LogP contribution in [0.4, 0.5) is 34.1 Å². The fraction of sp³-hybridized carbons (Fsp3) is 0.127. The van der Waals surface area contributed by atoms with Crippen LogP contribution in [-0.4, -0.2) is 11.9 Å². The van der Waals surface area contributed by atoms with Gasteiger partial charge in [0.1, 0.15) is 11.5 Å². The summed E-state index contributed by atoms with van der Waals surface area (Å²) in [7, 11) is 0. The van der Waals surface area contributed by atoms with Crippen molar-refractivity contribution in [2.75, 3.05) is 9.80 Å². The highest BCUT2D eigenvalue weighted by molar-refractivity contribution is 6.08. The molecule has 10 aromatic carbocycles. The van der Waals surface area contributed by atoms with Crippen molar-refractivity contribution in [2.24, 2.45) is 0 Å². The zero-order valence-corrected chi connectivity index (χ0v) is 44.1. The van der Waals surface area contributed by atoms with Crippen LogP contribution in [-0.2, 0) is 25.8 Å². The van der Waals surface area contributed by atoms with Gasteiger partial charge in [0.05, 0.1) is 11.4 Å². The van der Waals surface area contributed by atoms with Crippen molar-refractivity contribution in [3.8, 4) is 44.9 Å². The van der Waals surface area contributed by atoms with Gasteiger partial charge >= 0.3 is 11.9 Å². The van der Waals surface area contributed by atoms with Gasteiger partial charge in [-0.15, -0.1) is 0 Å². The summed E-state index contributed by atoms with van der Waals surface area (Å²) in [5, 5.41) is 3.28. The van der Waals surface area contributed by atoms with Gasteiger partial charge in [-0.3, -0.25) is 0 Å². The number of hydrogen-bond donors (Lipinski definition) is 0. The maximum atomic E-state index is 12.6. The van der Waals surface area contributed by atoms with Crippen LogP contribution < -0.4 is 19.3 Å². The van der Waals surface area contributed by atoms with Crippen molar-refractivity contribution in [1.29, 1.82) is 0 Å². The predicted molar refractivity (Wildman–Crippen MR) is 315 cm³/mol. The predicted octanol–water partition coefficient (Wildman–Crippen LogP) is 18.0. The first-order valence-electron chi connectivity index (χ1n) is 26.3. The van der Waals surface area contributed by atoms with Crippen molar-refractivity contribution < 1.29 is 19.1 Å². The minimum absolute atomic E-state index is 0.179. The van der Waals surface area contributed by atoms with E-state index in [0.717, 1.165) is 55.7 Å². The quantitative estimate of drug-likeness (QED) is 0.0773. The van der Waals surface area contributed by atoms with Crippen LogP contribution in [0.5, 0.6) is 11.5 Å². The van der Waals surface area contributed by atoms with Gasteiger partial charge in [-0.25, -0.2) is 9.59 Å². The second-order valence-electron chi connectivity index (χ2n) is 22.1. The van der Waals surface area contributed by atoms with Crippen molar-refractivity contribution in [3.63, 3.8) is 0 Å². The first kappa shape index (κ1) is 47.5. The first-order chi connectivity index (χ1) is 37.2. The number of nitrogens with zero attached hydrogens (tertiary/aromatic N) is 2. The van der Waals surface area contributed by atoms with E-state index in [9.17, 15) is 9.59 Å². The molecule has 0 aliphatic heterocycles. The molecule has 0 unspecified atom stereocenters. The van der Waals surface area contributed by atoms with E-state index < -0.39 is 17.4 Å².